The van der Waals surface area contributed by atoms with Crippen molar-refractivity contribution in [1.82, 2.24) is 24.8 Å². The van der Waals surface area contributed by atoms with Crippen molar-refractivity contribution in [3.05, 3.63) is 113 Å². The Morgan fingerprint density at radius 2 is 1.80 bits per heavy atom. The summed E-state index contributed by atoms with van der Waals surface area (Å²) in [4.78, 5) is 11.3. The molecule has 35 heavy (non-hydrogen) atoms. The Bertz CT molecular complexity index is 1300. The second-order valence-corrected chi connectivity index (χ2v) is 9.26. The summed E-state index contributed by atoms with van der Waals surface area (Å²) in [5.74, 6) is 0.845. The number of aryl methyl sites for hydroxylation is 1. The van der Waals surface area contributed by atoms with Gasteiger partial charge in [-0.05, 0) is 79.2 Å². The van der Waals surface area contributed by atoms with E-state index in [1.807, 2.05) is 48.9 Å². The minimum atomic E-state index is -0.0470. The molecule has 178 valence electrons. The molecule has 1 aliphatic rings. The topological polar surface area (TPSA) is 55.2 Å². The van der Waals surface area contributed by atoms with E-state index < -0.39 is 0 Å². The van der Waals surface area contributed by atoms with Gasteiger partial charge in [0.15, 0.2) is 5.11 Å². The van der Waals surface area contributed by atoms with E-state index in [0.717, 1.165) is 23.1 Å². The van der Waals surface area contributed by atoms with Crippen LogP contribution in [0.15, 0.2) is 79.3 Å². The maximum Gasteiger partial charge on any atom is 0.170 e. The summed E-state index contributed by atoms with van der Waals surface area (Å²) in [5, 5.41) is 4.30. The molecule has 1 aliphatic heterocycles. The van der Waals surface area contributed by atoms with Gasteiger partial charge in [0.05, 0.1) is 24.9 Å². The molecule has 1 saturated heterocycles. The molecule has 4 heterocycles. The third-order valence-electron chi connectivity index (χ3n) is 6.70. The van der Waals surface area contributed by atoms with Crippen LogP contribution in [-0.4, -0.2) is 31.7 Å². The lowest BCUT2D eigenvalue weighted by Gasteiger charge is -2.28. The first kappa shape index (κ1) is 23.1. The van der Waals surface area contributed by atoms with Crippen LogP contribution in [0.3, 0.4) is 0 Å². The van der Waals surface area contributed by atoms with Crippen LogP contribution in [0.5, 0.6) is 5.75 Å². The van der Waals surface area contributed by atoms with E-state index in [9.17, 15) is 0 Å². The number of benzene rings is 1. The zero-order valence-corrected chi connectivity index (χ0v) is 21.0. The van der Waals surface area contributed by atoms with Crippen LogP contribution in [0.1, 0.15) is 45.9 Å². The molecule has 0 aliphatic carbocycles. The fraction of sp³-hybridized carbons (Fsp3) is 0.250. The first-order valence-corrected chi connectivity index (χ1v) is 12.1. The summed E-state index contributed by atoms with van der Waals surface area (Å²) >= 11 is 5.88. The van der Waals surface area contributed by atoms with Gasteiger partial charge in [-0.25, -0.2) is 0 Å². The number of ether oxygens (including phenoxy) is 1. The van der Waals surface area contributed by atoms with E-state index in [2.05, 4.69) is 68.9 Å². The third kappa shape index (κ3) is 4.64. The highest BCUT2D eigenvalue weighted by atomic mass is 32.1. The van der Waals surface area contributed by atoms with Gasteiger partial charge in [-0.1, -0.05) is 24.3 Å². The normalized spacial score (nSPS) is 17.5. The van der Waals surface area contributed by atoms with E-state index in [1.165, 1.54) is 28.1 Å². The minimum absolute atomic E-state index is 0.00773. The van der Waals surface area contributed by atoms with Crippen molar-refractivity contribution in [3.8, 4) is 5.75 Å². The lowest BCUT2D eigenvalue weighted by atomic mass is 9.96. The summed E-state index contributed by atoms with van der Waals surface area (Å²) < 4.78 is 7.69. The molecule has 7 heteroatoms. The summed E-state index contributed by atoms with van der Waals surface area (Å²) in [5.41, 5.74) is 7.02. The first-order valence-electron chi connectivity index (χ1n) is 11.7. The number of nitrogens with one attached hydrogen (secondary N) is 1. The SMILES string of the molecule is COc1ccc(CN2C(=S)NC(c3ccccn3)C2c2cc(C)n(Cc3cccnc3)c2C)cc1. The van der Waals surface area contributed by atoms with Crippen molar-refractivity contribution in [3.63, 3.8) is 0 Å². The van der Waals surface area contributed by atoms with Gasteiger partial charge in [-0.3, -0.25) is 9.97 Å². The number of hydrogen-bond donors (Lipinski definition) is 1. The largest absolute Gasteiger partial charge is 0.497 e. The number of pyridine rings is 2. The quantitative estimate of drug-likeness (QED) is 0.368. The van der Waals surface area contributed by atoms with Gasteiger partial charge in [-0.2, -0.15) is 0 Å². The summed E-state index contributed by atoms with van der Waals surface area (Å²) in [6, 6.07) is 20.6. The molecule has 0 amide bonds. The Hall–Kier alpha value is -3.71. The lowest BCUT2D eigenvalue weighted by Crippen LogP contribution is -2.29. The van der Waals surface area contributed by atoms with Crippen LogP contribution in [0.2, 0.25) is 0 Å². The lowest BCUT2D eigenvalue weighted by molar-refractivity contribution is 0.309. The third-order valence-corrected chi connectivity index (χ3v) is 7.06. The Morgan fingerprint density at radius 1 is 0.971 bits per heavy atom. The van der Waals surface area contributed by atoms with Gasteiger partial charge in [0, 0.05) is 43.1 Å². The van der Waals surface area contributed by atoms with E-state index in [-0.39, 0.29) is 12.1 Å². The standard InChI is InChI=1S/C28H29N5OS/c1-19-15-24(20(2)32(19)18-22-7-6-13-29-16-22)27-26(25-8-4-5-14-30-25)31-28(35)33(27)17-21-9-11-23(34-3)12-10-21/h4-16,26-27H,17-18H2,1-3H3,(H,31,35). The van der Waals surface area contributed by atoms with Gasteiger partial charge in [0.2, 0.25) is 0 Å². The summed E-state index contributed by atoms with van der Waals surface area (Å²) in [7, 11) is 1.68. The number of rotatable bonds is 7. The monoisotopic (exact) mass is 483 g/mol. The summed E-state index contributed by atoms with van der Waals surface area (Å²) in [6.45, 7) is 5.83. The fourth-order valence-corrected chi connectivity index (χ4v) is 5.19. The molecule has 5 rings (SSSR count). The Morgan fingerprint density at radius 3 is 2.49 bits per heavy atom. The first-order chi connectivity index (χ1) is 17.0. The molecule has 2 atom stereocenters. The molecule has 1 fully saturated rings. The highest BCUT2D eigenvalue weighted by molar-refractivity contribution is 7.80. The maximum atomic E-state index is 5.88. The fourth-order valence-electron chi connectivity index (χ4n) is 4.89. The van der Waals surface area contributed by atoms with Crippen molar-refractivity contribution in [2.24, 2.45) is 0 Å². The summed E-state index contributed by atoms with van der Waals surface area (Å²) in [6.07, 6.45) is 5.58. The van der Waals surface area contributed by atoms with Gasteiger partial charge in [-0.15, -0.1) is 0 Å². The minimum Gasteiger partial charge on any atom is -0.497 e. The van der Waals surface area contributed by atoms with Crippen molar-refractivity contribution < 1.29 is 4.74 Å². The maximum absolute atomic E-state index is 5.88. The highest BCUT2D eigenvalue weighted by Gasteiger charge is 2.41. The van der Waals surface area contributed by atoms with Crippen LogP contribution in [0.4, 0.5) is 0 Å². The Kier molecular flexibility index (Phi) is 6.51. The Balaban J connectivity index is 1.54. The predicted octanol–water partition coefficient (Wildman–Crippen LogP) is 5.12. The molecule has 6 nitrogen and oxygen atoms in total. The molecule has 1 aromatic carbocycles. The van der Waals surface area contributed by atoms with Gasteiger partial charge in [0.25, 0.3) is 0 Å². The van der Waals surface area contributed by atoms with Crippen molar-refractivity contribution in [2.45, 2.75) is 39.0 Å². The van der Waals surface area contributed by atoms with Crippen LogP contribution < -0.4 is 10.1 Å². The molecule has 4 aromatic rings. The Labute approximate surface area is 211 Å². The number of aromatic nitrogens is 3. The van der Waals surface area contributed by atoms with Crippen LogP contribution in [0, 0.1) is 13.8 Å². The van der Waals surface area contributed by atoms with E-state index >= 15 is 0 Å². The molecular formula is C28H29N5OS. The van der Waals surface area contributed by atoms with Gasteiger partial charge in [0.1, 0.15) is 5.75 Å². The molecular weight excluding hydrogens is 454 g/mol. The van der Waals surface area contributed by atoms with Crippen LogP contribution in [0.25, 0.3) is 0 Å². The number of thiocarbonyl (C=S) groups is 1. The molecule has 2 unspecified atom stereocenters. The average molecular weight is 484 g/mol. The number of methoxy groups -OCH3 is 1. The van der Waals surface area contributed by atoms with E-state index in [4.69, 9.17) is 17.0 Å². The molecule has 1 N–H and O–H groups in total. The van der Waals surface area contributed by atoms with Crippen LogP contribution >= 0.6 is 12.2 Å². The zero-order chi connectivity index (χ0) is 24.4. The molecule has 3 aromatic heterocycles. The smallest absolute Gasteiger partial charge is 0.170 e. The van der Waals surface area contributed by atoms with E-state index in [0.29, 0.717) is 6.54 Å². The predicted molar refractivity (Wildman–Crippen MR) is 141 cm³/mol. The van der Waals surface area contributed by atoms with Gasteiger partial charge < -0.3 is 19.5 Å². The molecule has 0 spiro atoms. The molecule has 0 radical (unpaired) electrons. The van der Waals surface area contributed by atoms with Crippen LogP contribution in [-0.2, 0) is 13.1 Å². The number of nitrogens with zero attached hydrogens (tertiary/aromatic N) is 4. The highest BCUT2D eigenvalue weighted by Crippen LogP contribution is 2.41. The van der Waals surface area contributed by atoms with Gasteiger partial charge >= 0.3 is 0 Å². The van der Waals surface area contributed by atoms with Crippen molar-refractivity contribution in [2.75, 3.05) is 7.11 Å². The van der Waals surface area contributed by atoms with Crippen molar-refractivity contribution in [1.29, 1.82) is 0 Å². The molecule has 0 bridgehead atoms. The van der Waals surface area contributed by atoms with Crippen molar-refractivity contribution >= 4 is 17.3 Å². The second-order valence-electron chi connectivity index (χ2n) is 8.88. The van der Waals surface area contributed by atoms with E-state index in [1.54, 1.807) is 7.11 Å². The second kappa shape index (κ2) is 9.88. The molecule has 0 saturated carbocycles. The zero-order valence-electron chi connectivity index (χ0n) is 20.2. The average Bonchev–Trinajstić information content (AvgIpc) is 3.36. The number of hydrogen-bond acceptors (Lipinski definition) is 4.